The highest BCUT2D eigenvalue weighted by atomic mass is 16.2. The lowest BCUT2D eigenvalue weighted by Crippen LogP contribution is -2.25. The Kier molecular flexibility index (Phi) is 6.16. The van der Waals surface area contributed by atoms with Gasteiger partial charge in [0.1, 0.15) is 0 Å². The van der Waals surface area contributed by atoms with Crippen molar-refractivity contribution in [2.75, 3.05) is 11.9 Å². The van der Waals surface area contributed by atoms with Gasteiger partial charge in [0.15, 0.2) is 0 Å². The van der Waals surface area contributed by atoms with Crippen LogP contribution in [0.3, 0.4) is 0 Å². The molecule has 0 saturated carbocycles. The number of rotatable bonds is 4. The van der Waals surface area contributed by atoms with Gasteiger partial charge < -0.3 is 10.6 Å². The molecule has 0 saturated heterocycles. The first-order valence-corrected chi connectivity index (χ1v) is 7.72. The summed E-state index contributed by atoms with van der Waals surface area (Å²) in [5.74, 6) is 5.75. The van der Waals surface area contributed by atoms with Crippen molar-refractivity contribution in [3.8, 4) is 11.8 Å². The molecule has 0 radical (unpaired) electrons. The fourth-order valence-corrected chi connectivity index (χ4v) is 2.20. The summed E-state index contributed by atoms with van der Waals surface area (Å²) in [6, 6.07) is 15.1. The van der Waals surface area contributed by atoms with Crippen molar-refractivity contribution in [1.29, 1.82) is 0 Å². The van der Waals surface area contributed by atoms with Gasteiger partial charge in [0.25, 0.3) is 0 Å². The van der Waals surface area contributed by atoms with Crippen LogP contribution in [0.25, 0.3) is 0 Å². The van der Waals surface area contributed by atoms with E-state index in [0.717, 1.165) is 22.4 Å². The SMILES string of the molecule is CC(=O)Nc1ccc(C#CCNC(=O)Cc2cccc(C)c2)cc1. The highest BCUT2D eigenvalue weighted by Gasteiger charge is 2.01. The van der Waals surface area contributed by atoms with Gasteiger partial charge in [-0.2, -0.15) is 0 Å². The molecule has 4 heteroatoms. The molecule has 0 unspecified atom stereocenters. The van der Waals surface area contributed by atoms with Gasteiger partial charge >= 0.3 is 0 Å². The molecule has 0 aromatic heterocycles. The zero-order valence-corrected chi connectivity index (χ0v) is 13.8. The lowest BCUT2D eigenvalue weighted by atomic mass is 10.1. The van der Waals surface area contributed by atoms with Crippen LogP contribution < -0.4 is 10.6 Å². The van der Waals surface area contributed by atoms with E-state index in [1.165, 1.54) is 6.92 Å². The van der Waals surface area contributed by atoms with Crippen molar-refractivity contribution in [3.05, 3.63) is 65.2 Å². The molecule has 2 N–H and O–H groups in total. The van der Waals surface area contributed by atoms with E-state index in [-0.39, 0.29) is 11.8 Å². The summed E-state index contributed by atoms with van der Waals surface area (Å²) in [7, 11) is 0. The van der Waals surface area contributed by atoms with Crippen LogP contribution in [0.4, 0.5) is 5.69 Å². The number of benzene rings is 2. The Morgan fingerprint density at radius 3 is 2.50 bits per heavy atom. The van der Waals surface area contributed by atoms with Crippen LogP contribution in [0.5, 0.6) is 0 Å². The number of nitrogens with one attached hydrogen (secondary N) is 2. The van der Waals surface area contributed by atoms with Crippen molar-refractivity contribution < 1.29 is 9.59 Å². The molecule has 4 nitrogen and oxygen atoms in total. The van der Waals surface area contributed by atoms with E-state index < -0.39 is 0 Å². The molecule has 0 aliphatic heterocycles. The van der Waals surface area contributed by atoms with Crippen LogP contribution in [-0.2, 0) is 16.0 Å². The molecule has 24 heavy (non-hydrogen) atoms. The fourth-order valence-electron chi connectivity index (χ4n) is 2.20. The van der Waals surface area contributed by atoms with E-state index in [0.29, 0.717) is 13.0 Å². The zero-order valence-electron chi connectivity index (χ0n) is 13.8. The normalized spacial score (nSPS) is 9.58. The molecule has 122 valence electrons. The number of aryl methyl sites for hydroxylation is 1. The van der Waals surface area contributed by atoms with Crippen LogP contribution in [0, 0.1) is 18.8 Å². The van der Waals surface area contributed by atoms with E-state index >= 15 is 0 Å². The molecule has 0 heterocycles. The molecule has 0 bridgehead atoms. The summed E-state index contributed by atoms with van der Waals surface area (Å²) in [6.07, 6.45) is 0.356. The first-order chi connectivity index (χ1) is 11.5. The molecule has 2 aromatic carbocycles. The molecular formula is C20H20N2O2. The van der Waals surface area contributed by atoms with Crippen LogP contribution in [0.1, 0.15) is 23.6 Å². The maximum atomic E-state index is 11.9. The molecule has 0 aliphatic carbocycles. The predicted octanol–water partition coefficient (Wildman–Crippen LogP) is 2.66. The monoisotopic (exact) mass is 320 g/mol. The van der Waals surface area contributed by atoms with Crippen molar-refractivity contribution in [2.45, 2.75) is 20.3 Å². The number of anilines is 1. The number of carbonyl (C=O) groups excluding carboxylic acids is 2. The Bertz CT molecular complexity index is 783. The lowest BCUT2D eigenvalue weighted by Gasteiger charge is -2.03. The average Bonchev–Trinajstić information content (AvgIpc) is 2.52. The summed E-state index contributed by atoms with van der Waals surface area (Å²) in [4.78, 5) is 22.8. The van der Waals surface area contributed by atoms with Crippen molar-refractivity contribution in [2.24, 2.45) is 0 Å². The Balaban J connectivity index is 1.80. The Labute approximate surface area is 142 Å². The lowest BCUT2D eigenvalue weighted by molar-refractivity contribution is -0.120. The van der Waals surface area contributed by atoms with Crippen LogP contribution in [0.15, 0.2) is 48.5 Å². The highest BCUT2D eigenvalue weighted by Crippen LogP contribution is 2.08. The van der Waals surface area contributed by atoms with Gasteiger partial charge in [-0.3, -0.25) is 9.59 Å². The number of hydrogen-bond acceptors (Lipinski definition) is 2. The number of carbonyl (C=O) groups is 2. The van der Waals surface area contributed by atoms with E-state index in [2.05, 4.69) is 22.5 Å². The summed E-state index contributed by atoms with van der Waals surface area (Å²) >= 11 is 0. The van der Waals surface area contributed by atoms with E-state index in [9.17, 15) is 9.59 Å². The van der Waals surface area contributed by atoms with Gasteiger partial charge in [-0.25, -0.2) is 0 Å². The van der Waals surface area contributed by atoms with Crippen LogP contribution in [-0.4, -0.2) is 18.4 Å². The third kappa shape index (κ3) is 5.98. The average molecular weight is 320 g/mol. The van der Waals surface area contributed by atoms with E-state index in [1.54, 1.807) is 12.1 Å². The van der Waals surface area contributed by atoms with Crippen molar-refractivity contribution in [3.63, 3.8) is 0 Å². The fraction of sp³-hybridized carbons (Fsp3) is 0.200. The smallest absolute Gasteiger partial charge is 0.225 e. The Morgan fingerprint density at radius 2 is 1.83 bits per heavy atom. The molecule has 0 atom stereocenters. The van der Waals surface area contributed by atoms with E-state index in [4.69, 9.17) is 0 Å². The second kappa shape index (κ2) is 8.54. The number of hydrogen-bond donors (Lipinski definition) is 2. The third-order valence-corrected chi connectivity index (χ3v) is 3.26. The summed E-state index contributed by atoms with van der Waals surface area (Å²) in [6.45, 7) is 3.77. The molecule has 0 spiro atoms. The van der Waals surface area contributed by atoms with Gasteiger partial charge in [0, 0.05) is 18.2 Å². The highest BCUT2D eigenvalue weighted by molar-refractivity contribution is 5.88. The second-order valence-electron chi connectivity index (χ2n) is 5.50. The van der Waals surface area contributed by atoms with Gasteiger partial charge in [-0.1, -0.05) is 41.7 Å². The zero-order chi connectivity index (χ0) is 17.4. The van der Waals surface area contributed by atoms with Gasteiger partial charge in [-0.15, -0.1) is 0 Å². The van der Waals surface area contributed by atoms with Crippen LogP contribution >= 0.6 is 0 Å². The summed E-state index contributed by atoms with van der Waals surface area (Å²) < 4.78 is 0. The van der Waals surface area contributed by atoms with Gasteiger partial charge in [-0.05, 0) is 36.8 Å². The Morgan fingerprint density at radius 1 is 1.08 bits per heavy atom. The van der Waals surface area contributed by atoms with Gasteiger partial charge in [0.05, 0.1) is 13.0 Å². The quantitative estimate of drug-likeness (QED) is 0.851. The van der Waals surface area contributed by atoms with Crippen molar-refractivity contribution >= 4 is 17.5 Å². The molecule has 2 rings (SSSR count). The van der Waals surface area contributed by atoms with Gasteiger partial charge in [0.2, 0.25) is 11.8 Å². The summed E-state index contributed by atoms with van der Waals surface area (Å²) in [5, 5.41) is 5.49. The van der Waals surface area contributed by atoms with E-state index in [1.807, 2.05) is 43.3 Å². The topological polar surface area (TPSA) is 58.2 Å². The van der Waals surface area contributed by atoms with Crippen molar-refractivity contribution in [1.82, 2.24) is 5.32 Å². The largest absolute Gasteiger partial charge is 0.345 e. The molecule has 2 aromatic rings. The third-order valence-electron chi connectivity index (χ3n) is 3.26. The minimum absolute atomic E-state index is 0.0455. The molecular weight excluding hydrogens is 300 g/mol. The standard InChI is InChI=1S/C20H20N2O2/c1-15-5-3-6-18(13-15)14-20(24)21-12-4-7-17-8-10-19(11-9-17)22-16(2)23/h3,5-6,8-11,13H,12,14H2,1-2H3,(H,21,24)(H,22,23). The maximum absolute atomic E-state index is 11.9. The first-order valence-electron chi connectivity index (χ1n) is 7.72. The minimum Gasteiger partial charge on any atom is -0.345 e. The van der Waals surface area contributed by atoms with Crippen LogP contribution in [0.2, 0.25) is 0 Å². The molecule has 0 aliphatic rings. The minimum atomic E-state index is -0.106. The summed E-state index contributed by atoms with van der Waals surface area (Å²) in [5.41, 5.74) is 3.70. The molecule has 0 fully saturated rings. The Hall–Kier alpha value is -3.06. The second-order valence-corrected chi connectivity index (χ2v) is 5.50. The predicted molar refractivity (Wildman–Crippen MR) is 95.5 cm³/mol. The number of amides is 2. The molecule has 2 amide bonds. The maximum Gasteiger partial charge on any atom is 0.225 e. The first kappa shape index (κ1) is 17.3.